The maximum absolute atomic E-state index is 12.6. The number of nitrogens with zero attached hydrogens (tertiary/aromatic N) is 1. The highest BCUT2D eigenvalue weighted by Gasteiger charge is 2.30. The van der Waals surface area contributed by atoms with Crippen molar-refractivity contribution in [2.75, 3.05) is 10.6 Å². The van der Waals surface area contributed by atoms with Crippen LogP contribution < -0.4 is 10.6 Å². The number of halogens is 3. The minimum absolute atomic E-state index is 0.0570. The largest absolute Gasteiger partial charge is 0.416 e. The van der Waals surface area contributed by atoms with E-state index in [1.165, 1.54) is 18.3 Å². The van der Waals surface area contributed by atoms with E-state index in [9.17, 15) is 18.0 Å². The second-order valence-electron chi connectivity index (χ2n) is 6.34. The number of carbonyl (C=O) groups excluding carboxylic acids is 1. The number of rotatable bonds is 2. The van der Waals surface area contributed by atoms with Gasteiger partial charge in [-0.25, -0.2) is 4.79 Å². The number of benzene rings is 1. The maximum atomic E-state index is 12.6. The van der Waals surface area contributed by atoms with E-state index in [0.717, 1.165) is 17.8 Å². The smallest absolute Gasteiger partial charge is 0.308 e. The van der Waals surface area contributed by atoms with E-state index in [1.54, 1.807) is 12.1 Å². The molecule has 0 radical (unpaired) electrons. The Labute approximate surface area is 138 Å². The Bertz CT molecular complexity index is 719. The standard InChI is InChI=1S/C17H18F3N3O/c1-16(2,3)14-8-7-13(10-21-14)23-15(24)22-12-6-4-5-11(9-12)17(18,19)20/h4-10H,1-3H3,(H2,22,23,24). The van der Waals surface area contributed by atoms with Gasteiger partial charge in [0.1, 0.15) is 0 Å². The molecule has 0 atom stereocenters. The second-order valence-corrected chi connectivity index (χ2v) is 6.34. The summed E-state index contributed by atoms with van der Waals surface area (Å²) >= 11 is 0. The average Bonchev–Trinajstić information content (AvgIpc) is 2.46. The molecule has 128 valence electrons. The van der Waals surface area contributed by atoms with E-state index in [2.05, 4.69) is 15.6 Å². The van der Waals surface area contributed by atoms with Gasteiger partial charge in [0, 0.05) is 16.8 Å². The topological polar surface area (TPSA) is 54.0 Å². The van der Waals surface area contributed by atoms with Gasteiger partial charge in [-0.1, -0.05) is 26.8 Å². The summed E-state index contributed by atoms with van der Waals surface area (Å²) in [5.41, 5.74) is 0.440. The van der Waals surface area contributed by atoms with Gasteiger partial charge in [-0.3, -0.25) is 4.98 Å². The molecule has 2 N–H and O–H groups in total. The lowest BCUT2D eigenvalue weighted by molar-refractivity contribution is -0.137. The summed E-state index contributed by atoms with van der Waals surface area (Å²) in [4.78, 5) is 16.2. The molecule has 0 spiro atoms. The predicted octanol–water partition coefficient (Wildman–Crippen LogP) is 5.04. The molecule has 24 heavy (non-hydrogen) atoms. The number of pyridine rings is 1. The zero-order valence-electron chi connectivity index (χ0n) is 13.5. The van der Waals surface area contributed by atoms with Crippen molar-refractivity contribution in [3.05, 3.63) is 53.9 Å². The highest BCUT2D eigenvalue weighted by atomic mass is 19.4. The second kappa shape index (κ2) is 6.51. The Kier molecular flexibility index (Phi) is 4.82. The normalized spacial score (nSPS) is 11.9. The summed E-state index contributed by atoms with van der Waals surface area (Å²) in [5.74, 6) is 0. The average molecular weight is 337 g/mol. The van der Waals surface area contributed by atoms with Crippen molar-refractivity contribution in [1.82, 2.24) is 4.98 Å². The summed E-state index contributed by atoms with van der Waals surface area (Å²) in [6, 6.07) is 7.28. The zero-order chi connectivity index (χ0) is 18.0. The molecule has 1 aromatic heterocycles. The van der Waals surface area contributed by atoms with Gasteiger partial charge in [0.05, 0.1) is 17.4 Å². The summed E-state index contributed by atoms with van der Waals surface area (Å²) in [6.07, 6.45) is -2.95. The van der Waals surface area contributed by atoms with Crippen LogP contribution in [0.5, 0.6) is 0 Å². The molecule has 0 saturated heterocycles. The molecule has 2 aromatic rings. The zero-order valence-corrected chi connectivity index (χ0v) is 13.5. The summed E-state index contributed by atoms with van der Waals surface area (Å²) in [7, 11) is 0. The SMILES string of the molecule is CC(C)(C)c1ccc(NC(=O)Nc2cccc(C(F)(F)F)c2)cn1. The van der Waals surface area contributed by atoms with Crippen molar-refractivity contribution in [3.63, 3.8) is 0 Å². The third kappa shape index (κ3) is 4.71. The number of carbonyl (C=O) groups is 1. The fourth-order valence-corrected chi connectivity index (χ4v) is 1.98. The predicted molar refractivity (Wildman–Crippen MR) is 87.0 cm³/mol. The number of amides is 2. The van der Waals surface area contributed by atoms with Crippen molar-refractivity contribution in [3.8, 4) is 0 Å². The molecule has 0 fully saturated rings. The molecule has 0 bridgehead atoms. The monoisotopic (exact) mass is 337 g/mol. The van der Waals surface area contributed by atoms with Crippen LogP contribution in [0.4, 0.5) is 29.3 Å². The molecule has 2 rings (SSSR count). The summed E-state index contributed by atoms with van der Waals surface area (Å²) in [5, 5.41) is 4.90. The highest BCUT2D eigenvalue weighted by Crippen LogP contribution is 2.30. The molecule has 0 unspecified atom stereocenters. The molecule has 0 aliphatic rings. The van der Waals surface area contributed by atoms with Gasteiger partial charge >= 0.3 is 12.2 Å². The first-order chi connectivity index (χ1) is 11.1. The minimum atomic E-state index is -4.46. The van der Waals surface area contributed by atoms with Crippen LogP contribution >= 0.6 is 0 Å². The van der Waals surface area contributed by atoms with Crippen LogP contribution in [0.25, 0.3) is 0 Å². The Morgan fingerprint density at radius 2 is 1.67 bits per heavy atom. The third-order valence-corrected chi connectivity index (χ3v) is 3.24. The first-order valence-corrected chi connectivity index (χ1v) is 7.27. The molecule has 0 aliphatic carbocycles. The number of alkyl halides is 3. The van der Waals surface area contributed by atoms with Crippen LogP contribution in [-0.2, 0) is 11.6 Å². The van der Waals surface area contributed by atoms with Gasteiger partial charge in [-0.15, -0.1) is 0 Å². The summed E-state index contributed by atoms with van der Waals surface area (Å²) in [6.45, 7) is 6.05. The molecule has 0 saturated carbocycles. The quantitative estimate of drug-likeness (QED) is 0.806. The van der Waals surface area contributed by atoms with Gasteiger partial charge in [0.2, 0.25) is 0 Å². The molecule has 1 aromatic carbocycles. The van der Waals surface area contributed by atoms with Gasteiger partial charge in [-0.05, 0) is 30.3 Å². The van der Waals surface area contributed by atoms with Crippen molar-refractivity contribution in [2.24, 2.45) is 0 Å². The molecular weight excluding hydrogens is 319 g/mol. The number of urea groups is 1. The van der Waals surface area contributed by atoms with Crippen LogP contribution in [0.15, 0.2) is 42.6 Å². The lowest BCUT2D eigenvalue weighted by Crippen LogP contribution is -2.20. The van der Waals surface area contributed by atoms with Crippen molar-refractivity contribution >= 4 is 17.4 Å². The third-order valence-electron chi connectivity index (χ3n) is 3.24. The maximum Gasteiger partial charge on any atom is 0.416 e. The van der Waals surface area contributed by atoms with Crippen LogP contribution in [0, 0.1) is 0 Å². The fourth-order valence-electron chi connectivity index (χ4n) is 1.98. The first kappa shape index (κ1) is 17.8. The number of hydrogen-bond donors (Lipinski definition) is 2. The minimum Gasteiger partial charge on any atom is -0.308 e. The molecule has 7 heteroatoms. The van der Waals surface area contributed by atoms with Crippen LogP contribution in [-0.4, -0.2) is 11.0 Å². The van der Waals surface area contributed by atoms with E-state index < -0.39 is 17.8 Å². The van der Waals surface area contributed by atoms with Crippen LogP contribution in [0.1, 0.15) is 32.0 Å². The Morgan fingerprint density at radius 3 is 2.21 bits per heavy atom. The van der Waals surface area contributed by atoms with E-state index in [1.807, 2.05) is 20.8 Å². The van der Waals surface area contributed by atoms with E-state index in [4.69, 9.17) is 0 Å². The lowest BCUT2D eigenvalue weighted by atomic mass is 9.92. The number of nitrogens with one attached hydrogen (secondary N) is 2. The Hall–Kier alpha value is -2.57. The van der Waals surface area contributed by atoms with Gasteiger partial charge in [0.15, 0.2) is 0 Å². The van der Waals surface area contributed by atoms with E-state index in [-0.39, 0.29) is 11.1 Å². The number of anilines is 2. The molecule has 0 aliphatic heterocycles. The van der Waals surface area contributed by atoms with Gasteiger partial charge in [-0.2, -0.15) is 13.2 Å². The summed E-state index contributed by atoms with van der Waals surface area (Å²) < 4.78 is 37.9. The van der Waals surface area contributed by atoms with Crippen molar-refractivity contribution in [1.29, 1.82) is 0 Å². The Balaban J connectivity index is 2.03. The molecule has 1 heterocycles. The highest BCUT2D eigenvalue weighted by molar-refractivity contribution is 5.99. The molecular formula is C17H18F3N3O. The van der Waals surface area contributed by atoms with Crippen molar-refractivity contribution in [2.45, 2.75) is 32.4 Å². The molecule has 2 amide bonds. The van der Waals surface area contributed by atoms with Crippen LogP contribution in [0.3, 0.4) is 0 Å². The van der Waals surface area contributed by atoms with E-state index in [0.29, 0.717) is 5.69 Å². The first-order valence-electron chi connectivity index (χ1n) is 7.27. The Morgan fingerprint density at radius 1 is 1.00 bits per heavy atom. The number of aromatic nitrogens is 1. The van der Waals surface area contributed by atoms with Crippen LogP contribution in [0.2, 0.25) is 0 Å². The fraction of sp³-hybridized carbons (Fsp3) is 0.294. The molecule has 4 nitrogen and oxygen atoms in total. The van der Waals surface area contributed by atoms with Gasteiger partial charge < -0.3 is 10.6 Å². The van der Waals surface area contributed by atoms with Gasteiger partial charge in [0.25, 0.3) is 0 Å². The van der Waals surface area contributed by atoms with Crippen molar-refractivity contribution < 1.29 is 18.0 Å². The lowest BCUT2D eigenvalue weighted by Gasteiger charge is -2.17. The van der Waals surface area contributed by atoms with E-state index >= 15 is 0 Å². The number of hydrogen-bond acceptors (Lipinski definition) is 2.